The number of anilines is 1. The fourth-order valence-corrected chi connectivity index (χ4v) is 3.30. The first-order valence-electron chi connectivity index (χ1n) is 9.11. The summed E-state index contributed by atoms with van der Waals surface area (Å²) < 4.78 is 5.97. The lowest BCUT2D eigenvalue weighted by atomic mass is 10.1. The first-order chi connectivity index (χ1) is 13.1. The van der Waals surface area contributed by atoms with E-state index in [1.54, 1.807) is 17.0 Å². The summed E-state index contributed by atoms with van der Waals surface area (Å²) in [4.78, 5) is 22.7. The molecule has 28 heavy (non-hydrogen) atoms. The first kappa shape index (κ1) is 20.1. The third kappa shape index (κ3) is 4.62. The number of carbonyl (C=O) groups is 1. The van der Waals surface area contributed by atoms with E-state index < -0.39 is 5.60 Å². The van der Waals surface area contributed by atoms with Gasteiger partial charge in [0.2, 0.25) is 0 Å². The lowest BCUT2D eigenvalue weighted by Crippen LogP contribution is -2.47. The molecule has 3 heterocycles. The Hall–Kier alpha value is -2.61. The van der Waals surface area contributed by atoms with Crippen LogP contribution in [0.1, 0.15) is 33.6 Å². The Bertz CT molecular complexity index is 912. The fourth-order valence-electron chi connectivity index (χ4n) is 3.16. The van der Waals surface area contributed by atoms with Gasteiger partial charge in [-0.25, -0.2) is 14.8 Å². The number of nitrogens with zero attached hydrogens (tertiary/aromatic N) is 4. The summed E-state index contributed by atoms with van der Waals surface area (Å²) >= 11 is 6.05. The van der Waals surface area contributed by atoms with E-state index in [0.717, 1.165) is 12.8 Å². The molecule has 1 atom stereocenters. The summed E-state index contributed by atoms with van der Waals surface area (Å²) in [5.41, 5.74) is 1.31. The van der Waals surface area contributed by atoms with E-state index in [9.17, 15) is 10.0 Å². The molecule has 1 unspecified atom stereocenters. The van der Waals surface area contributed by atoms with Gasteiger partial charge < -0.3 is 20.2 Å². The van der Waals surface area contributed by atoms with E-state index in [4.69, 9.17) is 16.3 Å². The first-order valence-corrected chi connectivity index (χ1v) is 9.49. The van der Waals surface area contributed by atoms with Gasteiger partial charge >= 0.3 is 6.09 Å². The van der Waals surface area contributed by atoms with Crippen LogP contribution in [0, 0.1) is 5.21 Å². The lowest BCUT2D eigenvalue weighted by Gasteiger charge is -2.34. The zero-order chi connectivity index (χ0) is 20.5. The molecule has 0 spiro atoms. The van der Waals surface area contributed by atoms with Crippen molar-refractivity contribution in [1.29, 1.82) is 0 Å². The van der Waals surface area contributed by atoms with E-state index in [2.05, 4.69) is 22.0 Å². The number of carbonyl (C=O) groups excluding carboxylic acids is 1. The molecule has 1 N–H and O–H groups in total. The zero-order valence-electron chi connectivity index (χ0n) is 16.2. The third-order valence-corrected chi connectivity index (χ3v) is 4.56. The average molecular weight is 406 g/mol. The van der Waals surface area contributed by atoms with Gasteiger partial charge in [0.25, 0.3) is 5.69 Å². The minimum absolute atomic E-state index is 0.0775. The van der Waals surface area contributed by atoms with Gasteiger partial charge in [0, 0.05) is 19.1 Å². The molecule has 1 aliphatic heterocycles. The highest BCUT2D eigenvalue weighted by Crippen LogP contribution is 2.32. The second-order valence-corrected chi connectivity index (χ2v) is 8.20. The third-order valence-electron chi connectivity index (χ3n) is 4.35. The number of amides is 1. The molecule has 3 rings (SSSR count). The molecule has 2 aromatic heterocycles. The second-order valence-electron chi connectivity index (χ2n) is 7.81. The molecular weight excluding hydrogens is 382 g/mol. The largest absolute Gasteiger partial charge is 0.619 e. The number of nitrogens with one attached hydrogen (secondary N) is 1. The van der Waals surface area contributed by atoms with Gasteiger partial charge in [-0.2, -0.15) is 4.74 Å². The predicted molar refractivity (Wildman–Crippen MR) is 109 cm³/mol. The number of piperidine rings is 1. The number of fused-ring (bicyclic) bond motifs is 1. The highest BCUT2D eigenvalue weighted by atomic mass is 35.5. The maximum absolute atomic E-state index is 12.4. The fraction of sp³-hybridized carbons (Fsp3) is 0.474. The quantitative estimate of drug-likeness (QED) is 0.273. The van der Waals surface area contributed by atoms with Crippen molar-refractivity contribution >= 4 is 46.8 Å². The summed E-state index contributed by atoms with van der Waals surface area (Å²) in [6.07, 6.45) is 2.76. The van der Waals surface area contributed by atoms with Gasteiger partial charge in [-0.15, -0.1) is 0 Å². The van der Waals surface area contributed by atoms with Crippen LogP contribution in [0.25, 0.3) is 11.0 Å². The number of hydrogen-bond acceptors (Lipinski definition) is 6. The summed E-state index contributed by atoms with van der Waals surface area (Å²) in [6, 6.07) is 3.31. The molecule has 1 saturated heterocycles. The Morgan fingerprint density at radius 3 is 2.89 bits per heavy atom. The SMILES string of the molecule is C=[N+]([O-])c1cnc2ccc(Cl)nc2c1NC1CCCN(C(=O)OC(C)(C)C)C1. The van der Waals surface area contributed by atoms with Crippen LogP contribution < -0.4 is 5.32 Å². The molecule has 0 saturated carbocycles. The van der Waals surface area contributed by atoms with Crippen LogP contribution in [0.15, 0.2) is 18.3 Å². The van der Waals surface area contributed by atoms with Gasteiger partial charge in [-0.05, 0) is 45.7 Å². The number of rotatable bonds is 3. The second kappa shape index (κ2) is 7.79. The molecule has 2 aromatic rings. The van der Waals surface area contributed by atoms with Crippen LogP contribution in [-0.2, 0) is 4.74 Å². The number of ether oxygens (including phenoxy) is 1. The van der Waals surface area contributed by atoms with Crippen molar-refractivity contribution in [2.24, 2.45) is 0 Å². The van der Waals surface area contributed by atoms with Gasteiger partial charge in [0.05, 0.1) is 5.52 Å². The summed E-state index contributed by atoms with van der Waals surface area (Å²) in [5, 5.41) is 15.6. The van der Waals surface area contributed by atoms with Crippen molar-refractivity contribution in [1.82, 2.24) is 14.9 Å². The molecule has 0 radical (unpaired) electrons. The molecule has 1 amide bonds. The highest BCUT2D eigenvalue weighted by Gasteiger charge is 2.29. The van der Waals surface area contributed by atoms with Gasteiger partial charge in [0.15, 0.2) is 0 Å². The van der Waals surface area contributed by atoms with Gasteiger partial charge in [-0.3, -0.25) is 0 Å². The zero-order valence-corrected chi connectivity index (χ0v) is 17.0. The topological polar surface area (TPSA) is 93.4 Å². The average Bonchev–Trinajstić information content (AvgIpc) is 2.60. The van der Waals surface area contributed by atoms with Crippen molar-refractivity contribution in [3.05, 3.63) is 28.7 Å². The van der Waals surface area contributed by atoms with Crippen LogP contribution in [0.2, 0.25) is 5.15 Å². The summed E-state index contributed by atoms with van der Waals surface area (Å²) in [7, 11) is 0. The maximum atomic E-state index is 12.4. The van der Waals surface area contributed by atoms with Crippen molar-refractivity contribution < 1.29 is 14.3 Å². The van der Waals surface area contributed by atoms with Crippen molar-refractivity contribution in [3.8, 4) is 0 Å². The molecule has 1 aliphatic rings. The number of likely N-dealkylation sites (tertiary alicyclic amines) is 1. The Morgan fingerprint density at radius 1 is 1.46 bits per heavy atom. The van der Waals surface area contributed by atoms with E-state index in [-0.39, 0.29) is 17.8 Å². The molecule has 9 heteroatoms. The Labute approximate surface area is 168 Å². The van der Waals surface area contributed by atoms with E-state index >= 15 is 0 Å². The molecule has 0 bridgehead atoms. The van der Waals surface area contributed by atoms with Crippen LogP contribution in [-0.4, -0.2) is 57.1 Å². The van der Waals surface area contributed by atoms with Gasteiger partial charge in [-0.1, -0.05) is 11.6 Å². The Morgan fingerprint density at radius 2 is 2.21 bits per heavy atom. The number of aromatic nitrogens is 2. The molecular formula is C19H24ClN5O3. The van der Waals surface area contributed by atoms with E-state index in [1.165, 1.54) is 6.20 Å². The molecule has 8 nitrogen and oxygen atoms in total. The van der Waals surface area contributed by atoms with Crippen LogP contribution in [0.4, 0.5) is 16.2 Å². The minimum Gasteiger partial charge on any atom is -0.619 e. The summed E-state index contributed by atoms with van der Waals surface area (Å²) in [5.74, 6) is 0. The minimum atomic E-state index is -0.552. The number of hydrogen-bond donors (Lipinski definition) is 1. The molecule has 1 fully saturated rings. The lowest BCUT2D eigenvalue weighted by molar-refractivity contribution is -0.349. The predicted octanol–water partition coefficient (Wildman–Crippen LogP) is 3.94. The summed E-state index contributed by atoms with van der Waals surface area (Å²) in [6.45, 7) is 10.0. The van der Waals surface area contributed by atoms with E-state index in [0.29, 0.717) is 39.7 Å². The molecule has 150 valence electrons. The van der Waals surface area contributed by atoms with Crippen molar-refractivity contribution in [3.63, 3.8) is 0 Å². The van der Waals surface area contributed by atoms with Crippen LogP contribution >= 0.6 is 11.6 Å². The monoisotopic (exact) mass is 405 g/mol. The van der Waals surface area contributed by atoms with E-state index in [1.807, 2.05) is 20.8 Å². The molecule has 0 aromatic carbocycles. The smallest absolute Gasteiger partial charge is 0.410 e. The Balaban J connectivity index is 1.87. The van der Waals surface area contributed by atoms with Crippen molar-refractivity contribution in [2.75, 3.05) is 18.4 Å². The highest BCUT2D eigenvalue weighted by molar-refractivity contribution is 6.29. The van der Waals surface area contributed by atoms with Crippen LogP contribution in [0.3, 0.4) is 0 Å². The molecule has 0 aliphatic carbocycles. The van der Waals surface area contributed by atoms with Crippen LogP contribution in [0.5, 0.6) is 0 Å². The number of halogens is 1. The number of pyridine rings is 2. The standard InChI is InChI=1S/C19H24ClN5O3/c1-19(2,3)28-18(26)25-9-5-6-12(11-25)22-17-14(24(4)27)10-21-13-7-8-15(20)23-16(13)17/h7-8,10,12H,4-6,9,11H2,1-3H3,(H,21,22). The normalized spacial score (nSPS) is 17.4. The Kier molecular flexibility index (Phi) is 5.60. The van der Waals surface area contributed by atoms with Crippen molar-refractivity contribution in [2.45, 2.75) is 45.3 Å². The maximum Gasteiger partial charge on any atom is 0.410 e. The van der Waals surface area contributed by atoms with Gasteiger partial charge in [0.1, 0.15) is 34.9 Å².